The smallest absolute Gasteiger partial charge is 0.326 e. The molecule has 1 aliphatic rings. The van der Waals surface area contributed by atoms with Crippen LogP contribution in [0.5, 0.6) is 5.75 Å². The number of carboxylic acids is 1. The van der Waals surface area contributed by atoms with Gasteiger partial charge in [0.2, 0.25) is 0 Å². The minimum atomic E-state index is -0.982. The van der Waals surface area contributed by atoms with Gasteiger partial charge in [-0.15, -0.1) is 0 Å². The Morgan fingerprint density at radius 2 is 1.95 bits per heavy atom. The Morgan fingerprint density at radius 3 is 2.50 bits per heavy atom. The molecule has 0 saturated heterocycles. The zero-order valence-electron chi connectivity index (χ0n) is 13.2. The first-order chi connectivity index (χ1) is 10.4. The van der Waals surface area contributed by atoms with E-state index in [-0.39, 0.29) is 5.92 Å². The molecule has 2 unspecified atom stereocenters. The van der Waals surface area contributed by atoms with Crippen LogP contribution in [-0.4, -0.2) is 29.1 Å². The number of rotatable bonds is 7. The summed E-state index contributed by atoms with van der Waals surface area (Å²) >= 11 is 0. The lowest BCUT2D eigenvalue weighted by molar-refractivity contribution is -0.143. The van der Waals surface area contributed by atoms with E-state index >= 15 is 0 Å². The van der Waals surface area contributed by atoms with Crippen molar-refractivity contribution in [3.8, 4) is 5.75 Å². The van der Waals surface area contributed by atoms with Crippen LogP contribution in [0.4, 0.5) is 0 Å². The SMILES string of the molecule is CC(Oc1cccc(C(C)C)c1)C(=O)NC(C(=O)O)C1CC1. The van der Waals surface area contributed by atoms with Crippen molar-refractivity contribution in [2.45, 2.75) is 51.7 Å². The van der Waals surface area contributed by atoms with Crippen LogP contribution >= 0.6 is 0 Å². The second kappa shape index (κ2) is 6.81. The van der Waals surface area contributed by atoms with Gasteiger partial charge in [0.1, 0.15) is 11.8 Å². The lowest BCUT2D eigenvalue weighted by Gasteiger charge is -2.19. The van der Waals surface area contributed by atoms with Crippen molar-refractivity contribution >= 4 is 11.9 Å². The van der Waals surface area contributed by atoms with Gasteiger partial charge in [-0.05, 0) is 49.3 Å². The first kappa shape index (κ1) is 16.3. The number of ether oxygens (including phenoxy) is 1. The summed E-state index contributed by atoms with van der Waals surface area (Å²) in [5, 5.41) is 11.7. The van der Waals surface area contributed by atoms with E-state index in [1.54, 1.807) is 13.0 Å². The molecule has 5 heteroatoms. The molecule has 0 radical (unpaired) electrons. The summed E-state index contributed by atoms with van der Waals surface area (Å²) in [5.41, 5.74) is 1.13. The van der Waals surface area contributed by atoms with E-state index in [0.717, 1.165) is 18.4 Å². The van der Waals surface area contributed by atoms with E-state index in [0.29, 0.717) is 11.7 Å². The van der Waals surface area contributed by atoms with Crippen molar-refractivity contribution in [1.82, 2.24) is 5.32 Å². The molecule has 2 atom stereocenters. The summed E-state index contributed by atoms with van der Waals surface area (Å²) in [5.74, 6) is -0.330. The van der Waals surface area contributed by atoms with Gasteiger partial charge >= 0.3 is 5.97 Å². The van der Waals surface area contributed by atoms with E-state index in [9.17, 15) is 9.59 Å². The molecule has 0 spiro atoms. The molecule has 1 amide bonds. The minimum absolute atomic E-state index is 0.0536. The van der Waals surface area contributed by atoms with Crippen LogP contribution in [-0.2, 0) is 9.59 Å². The third-order valence-corrected chi connectivity index (χ3v) is 3.86. The summed E-state index contributed by atoms with van der Waals surface area (Å²) < 4.78 is 5.64. The molecule has 1 fully saturated rings. The maximum Gasteiger partial charge on any atom is 0.326 e. The summed E-state index contributed by atoms with van der Waals surface area (Å²) in [7, 11) is 0. The van der Waals surface area contributed by atoms with Gasteiger partial charge < -0.3 is 15.2 Å². The van der Waals surface area contributed by atoms with E-state index < -0.39 is 24.0 Å². The van der Waals surface area contributed by atoms with Crippen LogP contribution in [0.1, 0.15) is 45.1 Å². The van der Waals surface area contributed by atoms with Crippen LogP contribution in [0.2, 0.25) is 0 Å². The van der Waals surface area contributed by atoms with E-state index in [2.05, 4.69) is 19.2 Å². The molecular formula is C17H23NO4. The normalized spacial score (nSPS) is 16.9. The average molecular weight is 305 g/mol. The highest BCUT2D eigenvalue weighted by Crippen LogP contribution is 2.32. The van der Waals surface area contributed by atoms with Crippen LogP contribution in [0, 0.1) is 5.92 Å². The number of carboxylic acid groups (broad SMARTS) is 1. The highest BCUT2D eigenvalue weighted by Gasteiger charge is 2.38. The van der Waals surface area contributed by atoms with Gasteiger partial charge in [0, 0.05) is 0 Å². The highest BCUT2D eigenvalue weighted by molar-refractivity contribution is 5.86. The molecule has 1 saturated carbocycles. The molecule has 5 nitrogen and oxygen atoms in total. The zero-order valence-corrected chi connectivity index (χ0v) is 13.2. The Balaban J connectivity index is 1.96. The van der Waals surface area contributed by atoms with Crippen LogP contribution in [0.15, 0.2) is 24.3 Å². The molecule has 1 aromatic carbocycles. The Bertz CT molecular complexity index is 551. The molecule has 2 rings (SSSR count). The van der Waals surface area contributed by atoms with Gasteiger partial charge in [-0.25, -0.2) is 4.79 Å². The van der Waals surface area contributed by atoms with Crippen molar-refractivity contribution in [3.63, 3.8) is 0 Å². The lowest BCUT2D eigenvalue weighted by atomic mass is 10.0. The van der Waals surface area contributed by atoms with Crippen molar-refractivity contribution in [3.05, 3.63) is 29.8 Å². The molecule has 0 heterocycles. The molecular weight excluding hydrogens is 282 g/mol. The number of hydrogen-bond acceptors (Lipinski definition) is 3. The number of hydrogen-bond donors (Lipinski definition) is 2. The Morgan fingerprint density at radius 1 is 1.27 bits per heavy atom. The fourth-order valence-electron chi connectivity index (χ4n) is 2.29. The second-order valence-corrected chi connectivity index (χ2v) is 6.15. The third-order valence-electron chi connectivity index (χ3n) is 3.86. The predicted octanol–water partition coefficient (Wildman–Crippen LogP) is 2.56. The first-order valence-electron chi connectivity index (χ1n) is 7.68. The molecule has 0 bridgehead atoms. The number of amides is 1. The number of carbonyl (C=O) groups is 2. The van der Waals surface area contributed by atoms with Gasteiger partial charge in [-0.2, -0.15) is 0 Å². The second-order valence-electron chi connectivity index (χ2n) is 6.15. The Hall–Kier alpha value is -2.04. The maximum absolute atomic E-state index is 12.1. The van der Waals surface area contributed by atoms with Crippen LogP contribution < -0.4 is 10.1 Å². The first-order valence-corrected chi connectivity index (χ1v) is 7.68. The Kier molecular flexibility index (Phi) is 5.06. The average Bonchev–Trinajstić information content (AvgIpc) is 3.28. The molecule has 22 heavy (non-hydrogen) atoms. The predicted molar refractivity (Wildman–Crippen MR) is 82.9 cm³/mol. The number of nitrogens with one attached hydrogen (secondary N) is 1. The summed E-state index contributed by atoms with van der Waals surface area (Å²) in [6, 6.07) is 6.80. The fourth-order valence-corrected chi connectivity index (χ4v) is 2.29. The molecule has 120 valence electrons. The minimum Gasteiger partial charge on any atom is -0.481 e. The van der Waals surface area contributed by atoms with Crippen molar-refractivity contribution in [2.75, 3.05) is 0 Å². The van der Waals surface area contributed by atoms with E-state index in [1.807, 2.05) is 18.2 Å². The summed E-state index contributed by atoms with van der Waals surface area (Å²) in [6.07, 6.45) is 0.967. The van der Waals surface area contributed by atoms with Crippen molar-refractivity contribution in [2.24, 2.45) is 5.92 Å². The molecule has 0 aromatic heterocycles. The standard InChI is InChI=1S/C17H23NO4/c1-10(2)13-5-4-6-14(9-13)22-11(3)16(19)18-15(17(20)21)12-7-8-12/h4-6,9-12,15H,7-8H2,1-3H3,(H,18,19)(H,20,21). The van der Waals surface area contributed by atoms with Gasteiger partial charge in [-0.3, -0.25) is 4.79 Å². The molecule has 1 aliphatic carbocycles. The van der Waals surface area contributed by atoms with Crippen LogP contribution in [0.3, 0.4) is 0 Å². The fraction of sp³-hybridized carbons (Fsp3) is 0.529. The van der Waals surface area contributed by atoms with Crippen molar-refractivity contribution < 1.29 is 19.4 Å². The van der Waals surface area contributed by atoms with Gasteiger partial charge in [-0.1, -0.05) is 26.0 Å². The van der Waals surface area contributed by atoms with Gasteiger partial charge in [0.25, 0.3) is 5.91 Å². The van der Waals surface area contributed by atoms with Crippen LogP contribution in [0.25, 0.3) is 0 Å². The molecule has 1 aromatic rings. The van der Waals surface area contributed by atoms with E-state index in [1.165, 1.54) is 0 Å². The maximum atomic E-state index is 12.1. The van der Waals surface area contributed by atoms with Gasteiger partial charge in [0.05, 0.1) is 0 Å². The van der Waals surface area contributed by atoms with Crippen molar-refractivity contribution in [1.29, 1.82) is 0 Å². The lowest BCUT2D eigenvalue weighted by Crippen LogP contribution is -2.47. The quantitative estimate of drug-likeness (QED) is 0.812. The number of aliphatic carboxylic acids is 1. The largest absolute Gasteiger partial charge is 0.481 e. The van der Waals surface area contributed by atoms with E-state index in [4.69, 9.17) is 9.84 Å². The molecule has 2 N–H and O–H groups in total. The summed E-state index contributed by atoms with van der Waals surface area (Å²) in [4.78, 5) is 23.3. The summed E-state index contributed by atoms with van der Waals surface area (Å²) in [6.45, 7) is 5.80. The monoisotopic (exact) mass is 305 g/mol. The number of carbonyl (C=O) groups excluding carboxylic acids is 1. The molecule has 0 aliphatic heterocycles. The number of benzene rings is 1. The topological polar surface area (TPSA) is 75.6 Å². The highest BCUT2D eigenvalue weighted by atomic mass is 16.5. The zero-order chi connectivity index (χ0) is 16.3. The van der Waals surface area contributed by atoms with Gasteiger partial charge in [0.15, 0.2) is 6.10 Å². The Labute approximate surface area is 130 Å². The third kappa shape index (κ3) is 4.23.